The first-order valence-corrected chi connectivity index (χ1v) is 7.66. The summed E-state index contributed by atoms with van der Waals surface area (Å²) in [4.78, 5) is 29.1. The van der Waals surface area contributed by atoms with Gasteiger partial charge < -0.3 is 9.88 Å². The van der Waals surface area contributed by atoms with E-state index in [1.807, 2.05) is 55.4 Å². The Morgan fingerprint density at radius 3 is 2.46 bits per heavy atom. The summed E-state index contributed by atoms with van der Waals surface area (Å²) >= 11 is 0. The Balaban J connectivity index is 1.86. The van der Waals surface area contributed by atoms with E-state index < -0.39 is 0 Å². The third kappa shape index (κ3) is 3.27. The number of nitrogens with zero attached hydrogens (tertiary/aromatic N) is 1. The van der Waals surface area contributed by atoms with Crippen LogP contribution in [0.5, 0.6) is 0 Å². The van der Waals surface area contributed by atoms with Crippen LogP contribution in [0.2, 0.25) is 0 Å². The van der Waals surface area contributed by atoms with Crippen LogP contribution in [0.1, 0.15) is 15.9 Å². The van der Waals surface area contributed by atoms with Crippen molar-refractivity contribution in [3.05, 3.63) is 82.2 Å². The van der Waals surface area contributed by atoms with Gasteiger partial charge in [-0.1, -0.05) is 18.2 Å². The zero-order valence-corrected chi connectivity index (χ0v) is 13.6. The number of hydrogen-bond acceptors (Lipinski definition) is 3. The Bertz CT molecular complexity index is 967. The molecule has 0 fully saturated rings. The number of carbonyl (C=O) groups excluding carboxylic acids is 1. The number of benzene rings is 2. The van der Waals surface area contributed by atoms with Crippen LogP contribution < -0.4 is 10.5 Å². The third-order valence-electron chi connectivity index (χ3n) is 3.86. The highest BCUT2D eigenvalue weighted by molar-refractivity contribution is 6.07. The molecule has 1 heterocycles. The van der Waals surface area contributed by atoms with Gasteiger partial charge >= 0.3 is 0 Å². The first-order valence-electron chi connectivity index (χ1n) is 7.66. The number of anilines is 1. The monoisotopic (exact) mass is 318 g/mol. The van der Waals surface area contributed by atoms with Crippen molar-refractivity contribution in [1.29, 1.82) is 0 Å². The molecule has 0 bridgehead atoms. The van der Waals surface area contributed by atoms with Gasteiger partial charge in [-0.3, -0.25) is 9.59 Å². The number of para-hydroxylation sites is 1. The minimum absolute atomic E-state index is 0.132. The normalized spacial score (nSPS) is 11.1. The van der Waals surface area contributed by atoms with Crippen LogP contribution in [-0.2, 0) is 0 Å². The average Bonchev–Trinajstić information content (AvgIpc) is 2.59. The second-order valence-electron chi connectivity index (χ2n) is 5.78. The van der Waals surface area contributed by atoms with Gasteiger partial charge in [0, 0.05) is 36.4 Å². The zero-order valence-electron chi connectivity index (χ0n) is 13.6. The highest BCUT2D eigenvalue weighted by Gasteiger charge is 2.04. The molecule has 0 unspecified atom stereocenters. The molecule has 0 saturated heterocycles. The number of ketones is 1. The lowest BCUT2D eigenvalue weighted by atomic mass is 10.1. The molecule has 0 radical (unpaired) electrons. The van der Waals surface area contributed by atoms with Gasteiger partial charge in [0.1, 0.15) is 0 Å². The number of nitrogens with one attached hydrogen (secondary N) is 1. The molecule has 120 valence electrons. The van der Waals surface area contributed by atoms with Crippen LogP contribution in [-0.4, -0.2) is 24.9 Å². The maximum atomic E-state index is 12.3. The Hall–Kier alpha value is -3.14. The summed E-state index contributed by atoms with van der Waals surface area (Å²) in [6, 6.07) is 16.7. The molecule has 0 saturated carbocycles. The second kappa shape index (κ2) is 6.54. The summed E-state index contributed by atoms with van der Waals surface area (Å²) < 4.78 is 0. The minimum Gasteiger partial charge on any atom is -0.378 e. The number of rotatable bonds is 4. The largest absolute Gasteiger partial charge is 0.378 e. The fraction of sp³-hybridized carbons (Fsp3) is 0.100. The molecule has 0 atom stereocenters. The van der Waals surface area contributed by atoms with E-state index >= 15 is 0 Å². The van der Waals surface area contributed by atoms with Gasteiger partial charge in [-0.25, -0.2) is 0 Å². The van der Waals surface area contributed by atoms with Crippen molar-refractivity contribution in [2.45, 2.75) is 0 Å². The number of pyridine rings is 1. The molecule has 2 aromatic carbocycles. The van der Waals surface area contributed by atoms with Crippen LogP contribution in [0.15, 0.2) is 65.5 Å². The lowest BCUT2D eigenvalue weighted by molar-refractivity contribution is 0.104. The highest BCUT2D eigenvalue weighted by atomic mass is 16.1. The second-order valence-corrected chi connectivity index (χ2v) is 5.78. The first-order chi connectivity index (χ1) is 11.5. The third-order valence-corrected chi connectivity index (χ3v) is 3.86. The topological polar surface area (TPSA) is 53.2 Å². The molecule has 0 amide bonds. The van der Waals surface area contributed by atoms with E-state index in [0.717, 1.165) is 16.6 Å². The number of fused-ring (bicyclic) bond motifs is 1. The van der Waals surface area contributed by atoms with Crippen LogP contribution in [0, 0.1) is 0 Å². The van der Waals surface area contributed by atoms with E-state index in [1.54, 1.807) is 24.3 Å². The standard InChI is InChI=1S/C20H18N2O2/c1-22(2)17-10-7-14(8-11-17)19(23)12-9-16-13-15-5-3-4-6-18(15)21-20(16)24/h3-13H,1-2H3,(H,21,24). The number of H-pyrrole nitrogens is 1. The number of allylic oxidation sites excluding steroid dienone is 1. The minimum atomic E-state index is -0.208. The number of aromatic amines is 1. The van der Waals surface area contributed by atoms with Crippen molar-refractivity contribution in [1.82, 2.24) is 4.98 Å². The summed E-state index contributed by atoms with van der Waals surface area (Å²) in [6.07, 6.45) is 3.00. The van der Waals surface area contributed by atoms with Gasteiger partial charge in [0.05, 0.1) is 0 Å². The van der Waals surface area contributed by atoms with Crippen molar-refractivity contribution < 1.29 is 4.79 Å². The van der Waals surface area contributed by atoms with E-state index in [-0.39, 0.29) is 11.3 Å². The summed E-state index contributed by atoms with van der Waals surface area (Å²) in [5, 5.41) is 0.930. The Labute approximate surface area is 140 Å². The van der Waals surface area contributed by atoms with E-state index in [2.05, 4.69) is 4.98 Å². The molecule has 4 nitrogen and oxygen atoms in total. The van der Waals surface area contributed by atoms with Crippen LogP contribution in [0.4, 0.5) is 5.69 Å². The van der Waals surface area contributed by atoms with E-state index in [1.165, 1.54) is 6.08 Å². The maximum absolute atomic E-state index is 12.3. The smallest absolute Gasteiger partial charge is 0.255 e. The fourth-order valence-electron chi connectivity index (χ4n) is 2.47. The molecule has 3 rings (SSSR count). The quantitative estimate of drug-likeness (QED) is 0.592. The van der Waals surface area contributed by atoms with Crippen molar-refractivity contribution in [2.75, 3.05) is 19.0 Å². The molecule has 0 aliphatic heterocycles. The van der Waals surface area contributed by atoms with Crippen LogP contribution in [0.3, 0.4) is 0 Å². The summed E-state index contributed by atoms with van der Waals surface area (Å²) in [5.41, 5.74) is 2.66. The molecular weight excluding hydrogens is 300 g/mol. The fourth-order valence-corrected chi connectivity index (χ4v) is 2.47. The van der Waals surface area contributed by atoms with Gasteiger partial charge in [-0.05, 0) is 53.9 Å². The Morgan fingerprint density at radius 2 is 1.75 bits per heavy atom. The molecule has 1 N–H and O–H groups in total. The zero-order chi connectivity index (χ0) is 17.1. The summed E-state index contributed by atoms with van der Waals surface area (Å²) in [5.74, 6) is -0.132. The molecule has 1 aromatic heterocycles. The lowest BCUT2D eigenvalue weighted by Gasteiger charge is -2.11. The van der Waals surface area contributed by atoms with Gasteiger partial charge in [0.15, 0.2) is 5.78 Å². The van der Waals surface area contributed by atoms with Crippen molar-refractivity contribution in [2.24, 2.45) is 0 Å². The first kappa shape index (κ1) is 15.7. The molecule has 0 spiro atoms. The highest BCUT2D eigenvalue weighted by Crippen LogP contribution is 2.14. The molecule has 0 aliphatic carbocycles. The molecule has 3 aromatic rings. The Morgan fingerprint density at radius 1 is 1.04 bits per heavy atom. The van der Waals surface area contributed by atoms with Gasteiger partial charge in [0.2, 0.25) is 0 Å². The number of aromatic nitrogens is 1. The molecule has 0 aliphatic rings. The van der Waals surface area contributed by atoms with Crippen LogP contribution in [0.25, 0.3) is 17.0 Å². The molecular formula is C20H18N2O2. The SMILES string of the molecule is CN(C)c1ccc(C(=O)C=Cc2cc3ccccc3[nH]c2=O)cc1. The van der Waals surface area contributed by atoms with Gasteiger partial charge in [-0.15, -0.1) is 0 Å². The maximum Gasteiger partial charge on any atom is 0.255 e. The van der Waals surface area contributed by atoms with Crippen molar-refractivity contribution >= 4 is 28.4 Å². The average molecular weight is 318 g/mol. The van der Waals surface area contributed by atoms with E-state index in [4.69, 9.17) is 0 Å². The number of carbonyl (C=O) groups is 1. The molecule has 24 heavy (non-hydrogen) atoms. The molecule has 4 heteroatoms. The predicted molar refractivity (Wildman–Crippen MR) is 98.7 cm³/mol. The predicted octanol–water partition coefficient (Wildman–Crippen LogP) is 3.49. The summed E-state index contributed by atoms with van der Waals surface area (Å²) in [6.45, 7) is 0. The Kier molecular flexibility index (Phi) is 4.29. The number of hydrogen-bond donors (Lipinski definition) is 1. The van der Waals surface area contributed by atoms with E-state index in [0.29, 0.717) is 11.1 Å². The van der Waals surface area contributed by atoms with Crippen molar-refractivity contribution in [3.8, 4) is 0 Å². The van der Waals surface area contributed by atoms with Crippen LogP contribution >= 0.6 is 0 Å². The lowest BCUT2D eigenvalue weighted by Crippen LogP contribution is -2.09. The van der Waals surface area contributed by atoms with Crippen molar-refractivity contribution in [3.63, 3.8) is 0 Å². The van der Waals surface area contributed by atoms with Gasteiger partial charge in [-0.2, -0.15) is 0 Å². The van der Waals surface area contributed by atoms with Gasteiger partial charge in [0.25, 0.3) is 5.56 Å². The van der Waals surface area contributed by atoms with E-state index in [9.17, 15) is 9.59 Å². The summed E-state index contributed by atoms with van der Waals surface area (Å²) in [7, 11) is 3.89.